The van der Waals surface area contributed by atoms with Gasteiger partial charge in [0.1, 0.15) is 10.8 Å². The fourth-order valence-corrected chi connectivity index (χ4v) is 5.72. The lowest BCUT2D eigenvalue weighted by Gasteiger charge is -2.14. The highest BCUT2D eigenvalue weighted by Gasteiger charge is 2.22. The minimum Gasteiger partial charge on any atom is -0.376 e. The molecule has 164 valence electrons. The first kappa shape index (κ1) is 21.6. The van der Waals surface area contributed by atoms with Crippen molar-refractivity contribution in [1.29, 1.82) is 0 Å². The molecule has 2 aromatic heterocycles. The maximum atomic E-state index is 13.4. The third-order valence-corrected chi connectivity index (χ3v) is 7.49. The molecule has 1 saturated heterocycles. The lowest BCUT2D eigenvalue weighted by atomic mass is 10.2. The monoisotopic (exact) mass is 486 g/mol. The maximum absolute atomic E-state index is 13.4. The molecule has 3 heterocycles. The van der Waals surface area contributed by atoms with Gasteiger partial charge >= 0.3 is 0 Å². The van der Waals surface area contributed by atoms with E-state index in [0.717, 1.165) is 52.3 Å². The van der Waals surface area contributed by atoms with E-state index < -0.39 is 0 Å². The van der Waals surface area contributed by atoms with Gasteiger partial charge in [0.15, 0.2) is 11.0 Å². The van der Waals surface area contributed by atoms with Crippen molar-refractivity contribution >= 4 is 34.7 Å². The average molecular weight is 487 g/mol. The lowest BCUT2D eigenvalue weighted by Crippen LogP contribution is -2.16. The lowest BCUT2D eigenvalue weighted by molar-refractivity contribution is 0.0953. The van der Waals surface area contributed by atoms with Crippen LogP contribution in [0.15, 0.2) is 59.1 Å². The highest BCUT2D eigenvalue weighted by molar-refractivity contribution is 7.98. The molecule has 1 fully saturated rings. The van der Waals surface area contributed by atoms with Crippen molar-refractivity contribution in [3.63, 3.8) is 0 Å². The summed E-state index contributed by atoms with van der Waals surface area (Å²) in [6.45, 7) is 1.45. The minimum absolute atomic E-state index is 0.135. The standard InChI is InChI=1S/C23H20ClFN4OS2/c24-20-6-2-1-5-19(20)22-26-17(13-31-22)14-32-23-28-27-21(15-7-9-16(25)10-8-15)29(23)12-18-4-3-11-30-18/h1-2,5-10,13,18H,3-4,11-12,14H2. The molecule has 4 aromatic rings. The molecule has 0 N–H and O–H groups in total. The fourth-order valence-electron chi connectivity index (χ4n) is 3.63. The van der Waals surface area contributed by atoms with Gasteiger partial charge < -0.3 is 4.74 Å². The van der Waals surface area contributed by atoms with E-state index in [-0.39, 0.29) is 11.9 Å². The molecule has 1 atom stereocenters. The van der Waals surface area contributed by atoms with Crippen LogP contribution in [0.5, 0.6) is 0 Å². The van der Waals surface area contributed by atoms with Gasteiger partial charge in [-0.15, -0.1) is 21.5 Å². The molecule has 1 aliphatic rings. The van der Waals surface area contributed by atoms with Crippen molar-refractivity contribution in [3.05, 3.63) is 70.4 Å². The second kappa shape index (κ2) is 9.70. The van der Waals surface area contributed by atoms with Crippen LogP contribution < -0.4 is 0 Å². The van der Waals surface area contributed by atoms with E-state index in [1.54, 1.807) is 35.2 Å². The molecule has 0 saturated carbocycles. The number of aromatic nitrogens is 4. The Morgan fingerprint density at radius 2 is 2.00 bits per heavy atom. The van der Waals surface area contributed by atoms with E-state index in [1.165, 1.54) is 12.1 Å². The van der Waals surface area contributed by atoms with Gasteiger partial charge in [-0.2, -0.15) is 0 Å². The van der Waals surface area contributed by atoms with Crippen molar-refractivity contribution < 1.29 is 9.13 Å². The predicted octanol–water partition coefficient (Wildman–Crippen LogP) is 6.33. The van der Waals surface area contributed by atoms with Gasteiger partial charge in [0.25, 0.3) is 0 Å². The summed E-state index contributed by atoms with van der Waals surface area (Å²) in [5, 5.41) is 13.3. The second-order valence-corrected chi connectivity index (χ2v) is 9.68. The molecule has 0 aliphatic carbocycles. The highest BCUT2D eigenvalue weighted by Crippen LogP contribution is 2.33. The summed E-state index contributed by atoms with van der Waals surface area (Å²) in [6.07, 6.45) is 2.21. The molecule has 0 radical (unpaired) electrons. The molecule has 0 bridgehead atoms. The summed E-state index contributed by atoms with van der Waals surface area (Å²) in [5.41, 5.74) is 2.74. The van der Waals surface area contributed by atoms with Crippen molar-refractivity contribution in [2.24, 2.45) is 0 Å². The van der Waals surface area contributed by atoms with Crippen molar-refractivity contribution in [2.45, 2.75) is 36.4 Å². The summed E-state index contributed by atoms with van der Waals surface area (Å²) in [6, 6.07) is 14.1. The number of benzene rings is 2. The topological polar surface area (TPSA) is 52.8 Å². The smallest absolute Gasteiger partial charge is 0.191 e. The zero-order valence-corrected chi connectivity index (χ0v) is 19.5. The Labute approximate surface area is 198 Å². The third kappa shape index (κ3) is 4.73. The Morgan fingerprint density at radius 1 is 1.16 bits per heavy atom. The fraction of sp³-hybridized carbons (Fsp3) is 0.261. The van der Waals surface area contributed by atoms with E-state index >= 15 is 0 Å². The largest absolute Gasteiger partial charge is 0.376 e. The number of hydrogen-bond acceptors (Lipinski definition) is 6. The van der Waals surface area contributed by atoms with Crippen molar-refractivity contribution in [2.75, 3.05) is 6.61 Å². The van der Waals surface area contributed by atoms with Crippen LogP contribution in [0.3, 0.4) is 0 Å². The van der Waals surface area contributed by atoms with E-state index in [2.05, 4.69) is 14.8 Å². The Hall–Kier alpha value is -2.26. The van der Waals surface area contributed by atoms with Crippen LogP contribution in [-0.4, -0.2) is 32.5 Å². The summed E-state index contributed by atoms with van der Waals surface area (Å²) in [7, 11) is 0. The summed E-state index contributed by atoms with van der Waals surface area (Å²) < 4.78 is 21.3. The van der Waals surface area contributed by atoms with Crippen molar-refractivity contribution in [3.8, 4) is 22.0 Å². The van der Waals surface area contributed by atoms with Crippen molar-refractivity contribution in [1.82, 2.24) is 19.7 Å². The number of thiazole rings is 1. The van der Waals surface area contributed by atoms with E-state index in [9.17, 15) is 4.39 Å². The second-order valence-electron chi connectivity index (χ2n) is 7.47. The van der Waals surface area contributed by atoms with Crippen LogP contribution in [0.2, 0.25) is 5.02 Å². The number of thioether (sulfide) groups is 1. The maximum Gasteiger partial charge on any atom is 0.191 e. The Balaban J connectivity index is 1.37. The average Bonchev–Trinajstić information content (AvgIpc) is 3.56. The molecular weight excluding hydrogens is 467 g/mol. The molecule has 1 aliphatic heterocycles. The number of rotatable bonds is 7. The van der Waals surface area contributed by atoms with Crippen LogP contribution in [0.4, 0.5) is 4.39 Å². The molecular formula is C23H20ClFN4OS2. The van der Waals surface area contributed by atoms with Crippen LogP contribution in [0, 0.1) is 5.82 Å². The van der Waals surface area contributed by atoms with Crippen LogP contribution in [0.1, 0.15) is 18.5 Å². The summed E-state index contributed by atoms with van der Waals surface area (Å²) in [5.74, 6) is 1.11. The van der Waals surface area contributed by atoms with Crippen LogP contribution >= 0.6 is 34.7 Å². The van der Waals surface area contributed by atoms with E-state index in [0.29, 0.717) is 17.3 Å². The van der Waals surface area contributed by atoms with Gasteiger partial charge in [-0.3, -0.25) is 4.57 Å². The zero-order valence-electron chi connectivity index (χ0n) is 17.1. The number of ether oxygens (including phenoxy) is 1. The van der Waals surface area contributed by atoms with E-state index in [1.807, 2.05) is 29.6 Å². The predicted molar refractivity (Wildman–Crippen MR) is 127 cm³/mol. The van der Waals surface area contributed by atoms with Gasteiger partial charge in [0.2, 0.25) is 0 Å². The quantitative estimate of drug-likeness (QED) is 0.285. The highest BCUT2D eigenvalue weighted by atomic mass is 35.5. The summed E-state index contributed by atoms with van der Waals surface area (Å²) in [4.78, 5) is 4.75. The first-order valence-corrected chi connectivity index (χ1v) is 12.5. The number of halogens is 2. The number of nitrogens with zero attached hydrogens (tertiary/aromatic N) is 4. The SMILES string of the molecule is Fc1ccc(-c2nnc(SCc3csc(-c4ccccc4Cl)n3)n2CC2CCCO2)cc1. The van der Waals surface area contributed by atoms with Gasteiger partial charge in [0, 0.05) is 28.9 Å². The molecule has 0 amide bonds. The molecule has 5 nitrogen and oxygen atoms in total. The molecule has 1 unspecified atom stereocenters. The first-order valence-electron chi connectivity index (χ1n) is 10.3. The normalized spacial score (nSPS) is 16.0. The first-order chi connectivity index (χ1) is 15.7. The zero-order chi connectivity index (χ0) is 21.9. The van der Waals surface area contributed by atoms with E-state index in [4.69, 9.17) is 21.3 Å². The van der Waals surface area contributed by atoms with Gasteiger partial charge in [0.05, 0.1) is 23.4 Å². The number of hydrogen-bond donors (Lipinski definition) is 0. The molecule has 2 aromatic carbocycles. The van der Waals surface area contributed by atoms with Crippen LogP contribution in [0.25, 0.3) is 22.0 Å². The Bertz CT molecular complexity index is 1200. The van der Waals surface area contributed by atoms with Gasteiger partial charge in [-0.05, 0) is 43.2 Å². The Kier molecular flexibility index (Phi) is 6.54. The molecule has 5 rings (SSSR count). The Morgan fingerprint density at radius 3 is 2.78 bits per heavy atom. The molecule has 32 heavy (non-hydrogen) atoms. The summed E-state index contributed by atoms with van der Waals surface area (Å²) >= 11 is 9.48. The van der Waals surface area contributed by atoms with Gasteiger partial charge in [-0.1, -0.05) is 41.6 Å². The molecule has 0 spiro atoms. The van der Waals surface area contributed by atoms with Crippen LogP contribution in [-0.2, 0) is 17.0 Å². The molecule has 9 heteroatoms. The minimum atomic E-state index is -0.272. The van der Waals surface area contributed by atoms with Gasteiger partial charge in [-0.25, -0.2) is 9.37 Å². The third-order valence-electron chi connectivity index (χ3n) is 5.23.